The van der Waals surface area contributed by atoms with Crippen molar-refractivity contribution in [3.05, 3.63) is 29.8 Å². The zero-order valence-corrected chi connectivity index (χ0v) is 10.7. The topological polar surface area (TPSA) is 35.5 Å². The van der Waals surface area contributed by atoms with Gasteiger partial charge in [0, 0.05) is 30.9 Å². The first-order valence-corrected chi connectivity index (χ1v) is 6.39. The highest BCUT2D eigenvalue weighted by Gasteiger charge is 2.23. The van der Waals surface area contributed by atoms with Crippen LogP contribution in [-0.2, 0) is 6.61 Å². The van der Waals surface area contributed by atoms with E-state index < -0.39 is 0 Å². The number of likely N-dealkylation sites (tertiary alicyclic amines) is 1. The molecular formula is C14H22N2O. The van der Waals surface area contributed by atoms with Gasteiger partial charge in [-0.2, -0.15) is 0 Å². The lowest BCUT2D eigenvalue weighted by Crippen LogP contribution is -2.31. The maximum atomic E-state index is 9.10. The fourth-order valence-corrected chi connectivity index (χ4v) is 2.37. The van der Waals surface area contributed by atoms with E-state index in [1.54, 1.807) is 0 Å². The Bertz CT molecular complexity index is 365. The Hall–Kier alpha value is -1.06. The van der Waals surface area contributed by atoms with Crippen molar-refractivity contribution in [2.24, 2.45) is 0 Å². The van der Waals surface area contributed by atoms with Gasteiger partial charge in [-0.05, 0) is 38.0 Å². The van der Waals surface area contributed by atoms with Crippen molar-refractivity contribution in [2.45, 2.75) is 39.0 Å². The van der Waals surface area contributed by atoms with Crippen LogP contribution in [0.5, 0.6) is 0 Å². The van der Waals surface area contributed by atoms with Crippen molar-refractivity contribution >= 4 is 5.69 Å². The summed E-state index contributed by atoms with van der Waals surface area (Å²) < 4.78 is 0. The maximum absolute atomic E-state index is 9.10. The van der Waals surface area contributed by atoms with Gasteiger partial charge in [0.05, 0.1) is 6.61 Å². The quantitative estimate of drug-likeness (QED) is 0.837. The molecule has 1 aromatic rings. The van der Waals surface area contributed by atoms with Crippen molar-refractivity contribution in [3.8, 4) is 0 Å². The largest absolute Gasteiger partial charge is 0.392 e. The number of nitrogens with one attached hydrogen (secondary N) is 1. The van der Waals surface area contributed by atoms with Crippen LogP contribution in [0.1, 0.15) is 25.8 Å². The summed E-state index contributed by atoms with van der Waals surface area (Å²) in [4.78, 5) is 2.49. The lowest BCUT2D eigenvalue weighted by atomic mass is 10.2. The lowest BCUT2D eigenvalue weighted by Gasteiger charge is -2.21. The molecule has 1 unspecified atom stereocenters. The molecule has 1 atom stereocenters. The van der Waals surface area contributed by atoms with E-state index >= 15 is 0 Å². The van der Waals surface area contributed by atoms with E-state index in [-0.39, 0.29) is 6.61 Å². The predicted octanol–water partition coefficient (Wildman–Crippen LogP) is 2.07. The van der Waals surface area contributed by atoms with Gasteiger partial charge in [0.1, 0.15) is 0 Å². The van der Waals surface area contributed by atoms with E-state index in [0.29, 0.717) is 12.1 Å². The first-order valence-electron chi connectivity index (χ1n) is 6.39. The maximum Gasteiger partial charge on any atom is 0.0682 e. The van der Waals surface area contributed by atoms with Crippen molar-refractivity contribution < 1.29 is 5.11 Å². The SMILES string of the molecule is CC(C)N1CCC(Nc2cccc(CO)c2)C1. The average molecular weight is 234 g/mol. The molecule has 1 aliphatic heterocycles. The van der Waals surface area contributed by atoms with E-state index in [1.165, 1.54) is 13.0 Å². The summed E-state index contributed by atoms with van der Waals surface area (Å²) in [5.41, 5.74) is 2.08. The Morgan fingerprint density at radius 2 is 2.29 bits per heavy atom. The summed E-state index contributed by atoms with van der Waals surface area (Å²) in [5, 5.41) is 12.6. The van der Waals surface area contributed by atoms with Crippen LogP contribution in [0.2, 0.25) is 0 Å². The number of aliphatic hydroxyl groups is 1. The third-order valence-electron chi connectivity index (χ3n) is 3.43. The number of nitrogens with zero attached hydrogens (tertiary/aromatic N) is 1. The molecule has 2 N–H and O–H groups in total. The fourth-order valence-electron chi connectivity index (χ4n) is 2.37. The van der Waals surface area contributed by atoms with Crippen LogP contribution in [0.4, 0.5) is 5.69 Å². The molecule has 2 rings (SSSR count). The second-order valence-corrected chi connectivity index (χ2v) is 5.08. The molecule has 0 saturated carbocycles. The highest BCUT2D eigenvalue weighted by atomic mass is 16.3. The summed E-state index contributed by atoms with van der Waals surface area (Å²) in [5.74, 6) is 0. The molecule has 0 bridgehead atoms. The molecule has 0 aromatic heterocycles. The smallest absolute Gasteiger partial charge is 0.0682 e. The number of hydrogen-bond acceptors (Lipinski definition) is 3. The molecule has 1 saturated heterocycles. The predicted molar refractivity (Wildman–Crippen MR) is 71.1 cm³/mol. The molecule has 17 heavy (non-hydrogen) atoms. The Morgan fingerprint density at radius 3 is 2.94 bits per heavy atom. The van der Waals surface area contributed by atoms with Crippen molar-refractivity contribution in [1.82, 2.24) is 4.90 Å². The second-order valence-electron chi connectivity index (χ2n) is 5.08. The minimum atomic E-state index is 0.109. The molecule has 94 valence electrons. The molecule has 0 radical (unpaired) electrons. The molecule has 1 fully saturated rings. The van der Waals surface area contributed by atoms with Gasteiger partial charge in [0.15, 0.2) is 0 Å². The lowest BCUT2D eigenvalue weighted by molar-refractivity contribution is 0.274. The van der Waals surface area contributed by atoms with Crippen molar-refractivity contribution in [2.75, 3.05) is 18.4 Å². The number of anilines is 1. The van der Waals surface area contributed by atoms with E-state index in [4.69, 9.17) is 5.11 Å². The average Bonchev–Trinajstić information content (AvgIpc) is 2.78. The van der Waals surface area contributed by atoms with Crippen LogP contribution < -0.4 is 5.32 Å². The van der Waals surface area contributed by atoms with Crippen LogP contribution in [0.25, 0.3) is 0 Å². The first kappa shape index (κ1) is 12.4. The van der Waals surface area contributed by atoms with Crippen LogP contribution in [0.3, 0.4) is 0 Å². The Morgan fingerprint density at radius 1 is 1.47 bits per heavy atom. The Balaban J connectivity index is 1.93. The van der Waals surface area contributed by atoms with Crippen molar-refractivity contribution in [3.63, 3.8) is 0 Å². The molecule has 0 aliphatic carbocycles. The minimum absolute atomic E-state index is 0.109. The highest BCUT2D eigenvalue weighted by Crippen LogP contribution is 2.18. The molecule has 0 spiro atoms. The van der Waals surface area contributed by atoms with Gasteiger partial charge in [-0.1, -0.05) is 12.1 Å². The summed E-state index contributed by atoms with van der Waals surface area (Å²) in [7, 11) is 0. The third-order valence-corrected chi connectivity index (χ3v) is 3.43. The van der Waals surface area contributed by atoms with Gasteiger partial charge in [-0.25, -0.2) is 0 Å². The highest BCUT2D eigenvalue weighted by molar-refractivity contribution is 5.46. The number of aliphatic hydroxyl groups excluding tert-OH is 1. The monoisotopic (exact) mass is 234 g/mol. The van der Waals surface area contributed by atoms with E-state index in [1.807, 2.05) is 18.2 Å². The molecule has 1 aliphatic rings. The van der Waals surface area contributed by atoms with Gasteiger partial charge < -0.3 is 10.4 Å². The van der Waals surface area contributed by atoms with Crippen molar-refractivity contribution in [1.29, 1.82) is 0 Å². The van der Waals surface area contributed by atoms with Crippen LogP contribution >= 0.6 is 0 Å². The van der Waals surface area contributed by atoms with Crippen LogP contribution in [0, 0.1) is 0 Å². The van der Waals surface area contributed by atoms with Crippen LogP contribution in [0.15, 0.2) is 24.3 Å². The zero-order chi connectivity index (χ0) is 12.3. The van der Waals surface area contributed by atoms with E-state index in [9.17, 15) is 0 Å². The van der Waals surface area contributed by atoms with E-state index in [2.05, 4.69) is 30.1 Å². The number of hydrogen-bond donors (Lipinski definition) is 2. The van der Waals surface area contributed by atoms with Gasteiger partial charge in [0.25, 0.3) is 0 Å². The van der Waals surface area contributed by atoms with Gasteiger partial charge >= 0.3 is 0 Å². The van der Waals surface area contributed by atoms with E-state index in [0.717, 1.165) is 17.8 Å². The molecule has 3 nitrogen and oxygen atoms in total. The fraction of sp³-hybridized carbons (Fsp3) is 0.571. The number of rotatable bonds is 4. The van der Waals surface area contributed by atoms with Gasteiger partial charge in [-0.3, -0.25) is 4.90 Å². The standard InChI is InChI=1S/C14H22N2O/c1-11(2)16-7-6-14(9-16)15-13-5-3-4-12(8-13)10-17/h3-5,8,11,14-15,17H,6-7,9-10H2,1-2H3. The van der Waals surface area contributed by atoms with Crippen LogP contribution in [-0.4, -0.2) is 35.2 Å². The van der Waals surface area contributed by atoms with Gasteiger partial charge in [0.2, 0.25) is 0 Å². The molecular weight excluding hydrogens is 212 g/mol. The zero-order valence-electron chi connectivity index (χ0n) is 10.7. The summed E-state index contributed by atoms with van der Waals surface area (Å²) >= 11 is 0. The van der Waals surface area contributed by atoms with Gasteiger partial charge in [-0.15, -0.1) is 0 Å². The summed E-state index contributed by atoms with van der Waals surface area (Å²) in [6, 6.07) is 9.19. The minimum Gasteiger partial charge on any atom is -0.392 e. The first-order chi connectivity index (χ1) is 8.19. The normalized spacial score (nSPS) is 21.1. The Kier molecular flexibility index (Phi) is 4.02. The number of benzene rings is 1. The summed E-state index contributed by atoms with van der Waals surface area (Å²) in [6.07, 6.45) is 1.20. The third kappa shape index (κ3) is 3.20. The molecule has 1 aromatic carbocycles. The molecule has 1 heterocycles. The second kappa shape index (κ2) is 5.52. The molecule has 0 amide bonds. The summed E-state index contributed by atoms with van der Waals surface area (Å²) in [6.45, 7) is 6.89. The molecule has 3 heteroatoms. The Labute approximate surface area is 103 Å².